The van der Waals surface area contributed by atoms with Crippen molar-refractivity contribution in [3.63, 3.8) is 0 Å². The lowest BCUT2D eigenvalue weighted by Gasteiger charge is -2.09. The van der Waals surface area contributed by atoms with E-state index >= 15 is 0 Å². The maximum atomic E-state index is 12.1. The lowest BCUT2D eigenvalue weighted by atomic mass is 10.2. The molecule has 2 heterocycles. The number of hydrogen-bond donors (Lipinski definition) is 1. The molecule has 1 amide bonds. The second-order valence-electron chi connectivity index (χ2n) is 5.38. The van der Waals surface area contributed by atoms with Gasteiger partial charge in [0.25, 0.3) is 5.91 Å². The smallest absolute Gasteiger partial charge is 0.251 e. The zero-order valence-electron chi connectivity index (χ0n) is 13.3. The molecule has 0 saturated heterocycles. The van der Waals surface area contributed by atoms with Crippen molar-refractivity contribution >= 4 is 5.91 Å². The van der Waals surface area contributed by atoms with E-state index in [1.807, 2.05) is 6.07 Å². The van der Waals surface area contributed by atoms with Gasteiger partial charge in [0.15, 0.2) is 0 Å². The fraction of sp³-hybridized carbons (Fsp3) is 0.176. The van der Waals surface area contributed by atoms with Gasteiger partial charge in [0.05, 0.1) is 0 Å². The van der Waals surface area contributed by atoms with Gasteiger partial charge in [0.2, 0.25) is 17.3 Å². The topological polar surface area (TPSA) is 90.0 Å². The molecule has 0 aliphatic rings. The highest BCUT2D eigenvalue weighted by atomic mass is 16.5. The Hall–Kier alpha value is -3.22. The monoisotopic (exact) mass is 324 g/mol. The van der Waals surface area contributed by atoms with Crippen LogP contribution in [0.1, 0.15) is 29.2 Å². The molecule has 0 fully saturated rings. The van der Waals surface area contributed by atoms with E-state index in [4.69, 9.17) is 4.52 Å². The molecule has 1 aromatic carbocycles. The Morgan fingerprint density at radius 3 is 2.67 bits per heavy atom. The zero-order valence-corrected chi connectivity index (χ0v) is 13.3. The van der Waals surface area contributed by atoms with Gasteiger partial charge < -0.3 is 14.4 Å². The molecular weight excluding hydrogens is 308 g/mol. The third-order valence-corrected chi connectivity index (χ3v) is 3.54. The van der Waals surface area contributed by atoms with E-state index in [1.54, 1.807) is 50.5 Å². The van der Waals surface area contributed by atoms with E-state index in [0.717, 1.165) is 0 Å². The molecule has 0 bridgehead atoms. The molecule has 0 radical (unpaired) electrons. The van der Waals surface area contributed by atoms with Crippen LogP contribution in [0.15, 0.2) is 58.0 Å². The Morgan fingerprint density at radius 1 is 1.21 bits per heavy atom. The average molecular weight is 324 g/mol. The van der Waals surface area contributed by atoms with Gasteiger partial charge in [-0.25, -0.2) is 0 Å². The predicted molar refractivity (Wildman–Crippen MR) is 87.3 cm³/mol. The van der Waals surface area contributed by atoms with E-state index in [-0.39, 0.29) is 11.5 Å². The SMILES string of the molecule is CC(NC(=O)c1ccccc1)c1nc(-c2ccc(=O)n(C)c2)no1. The van der Waals surface area contributed by atoms with Gasteiger partial charge in [-0.15, -0.1) is 0 Å². The standard InChI is InChI=1S/C17H16N4O3/c1-11(18-16(23)12-6-4-3-5-7-12)17-19-15(20-24-17)13-8-9-14(22)21(2)10-13/h3-11H,1-2H3,(H,18,23). The Morgan fingerprint density at radius 2 is 1.96 bits per heavy atom. The second kappa shape index (κ2) is 6.49. The predicted octanol–water partition coefficient (Wildman–Crippen LogP) is 1.93. The summed E-state index contributed by atoms with van der Waals surface area (Å²) in [6.07, 6.45) is 1.63. The third kappa shape index (κ3) is 3.24. The van der Waals surface area contributed by atoms with Crippen molar-refractivity contribution in [1.29, 1.82) is 0 Å². The molecule has 7 nitrogen and oxygen atoms in total. The van der Waals surface area contributed by atoms with E-state index in [2.05, 4.69) is 15.5 Å². The molecule has 1 N–H and O–H groups in total. The summed E-state index contributed by atoms with van der Waals surface area (Å²) in [5.74, 6) is 0.439. The van der Waals surface area contributed by atoms with Crippen molar-refractivity contribution in [2.45, 2.75) is 13.0 Å². The van der Waals surface area contributed by atoms with Crippen molar-refractivity contribution < 1.29 is 9.32 Å². The zero-order chi connectivity index (χ0) is 17.1. The number of carbonyl (C=O) groups is 1. The summed E-state index contributed by atoms with van der Waals surface area (Å²) in [7, 11) is 1.65. The van der Waals surface area contributed by atoms with E-state index in [0.29, 0.717) is 22.8 Å². The molecular formula is C17H16N4O3. The molecule has 0 aliphatic heterocycles. The molecule has 0 aliphatic carbocycles. The minimum Gasteiger partial charge on any atom is -0.341 e. The first kappa shape index (κ1) is 15.7. The minimum absolute atomic E-state index is 0.119. The number of aromatic nitrogens is 3. The maximum absolute atomic E-state index is 12.1. The Labute approximate surface area is 137 Å². The summed E-state index contributed by atoms with van der Waals surface area (Å²) >= 11 is 0. The highest BCUT2D eigenvalue weighted by Gasteiger charge is 2.18. The van der Waals surface area contributed by atoms with Gasteiger partial charge in [0.1, 0.15) is 6.04 Å². The maximum Gasteiger partial charge on any atom is 0.251 e. The lowest BCUT2D eigenvalue weighted by Crippen LogP contribution is -2.26. The molecule has 7 heteroatoms. The quantitative estimate of drug-likeness (QED) is 0.792. The number of nitrogens with one attached hydrogen (secondary N) is 1. The van der Waals surface area contributed by atoms with Crippen LogP contribution in [0.4, 0.5) is 0 Å². The van der Waals surface area contributed by atoms with Gasteiger partial charge in [-0.2, -0.15) is 4.98 Å². The molecule has 2 aromatic heterocycles. The van der Waals surface area contributed by atoms with Crippen molar-refractivity contribution in [1.82, 2.24) is 20.0 Å². The number of rotatable bonds is 4. The first-order chi connectivity index (χ1) is 11.5. The van der Waals surface area contributed by atoms with Crippen LogP contribution in [0, 0.1) is 0 Å². The van der Waals surface area contributed by atoms with Crippen LogP contribution in [-0.4, -0.2) is 20.6 Å². The number of hydrogen-bond acceptors (Lipinski definition) is 5. The molecule has 1 atom stereocenters. The van der Waals surface area contributed by atoms with E-state index in [1.165, 1.54) is 10.6 Å². The van der Waals surface area contributed by atoms with Gasteiger partial charge in [-0.1, -0.05) is 23.4 Å². The Bertz CT molecular complexity index is 915. The van der Waals surface area contributed by atoms with Crippen LogP contribution in [-0.2, 0) is 7.05 Å². The number of benzene rings is 1. The van der Waals surface area contributed by atoms with Crippen LogP contribution >= 0.6 is 0 Å². The number of nitrogens with zero attached hydrogens (tertiary/aromatic N) is 3. The molecule has 1 unspecified atom stereocenters. The molecule has 3 aromatic rings. The van der Waals surface area contributed by atoms with Gasteiger partial charge in [0, 0.05) is 30.4 Å². The van der Waals surface area contributed by atoms with Gasteiger partial charge in [-0.05, 0) is 25.1 Å². The van der Waals surface area contributed by atoms with Crippen LogP contribution in [0.3, 0.4) is 0 Å². The average Bonchev–Trinajstić information content (AvgIpc) is 3.08. The summed E-state index contributed by atoms with van der Waals surface area (Å²) in [6, 6.07) is 11.5. The normalized spacial score (nSPS) is 11.9. The first-order valence-corrected chi connectivity index (χ1v) is 7.41. The Kier molecular flexibility index (Phi) is 4.24. The summed E-state index contributed by atoms with van der Waals surface area (Å²) in [6.45, 7) is 1.76. The number of carbonyl (C=O) groups excluding carboxylic acids is 1. The summed E-state index contributed by atoms with van der Waals surface area (Å²) in [5.41, 5.74) is 1.10. The highest BCUT2D eigenvalue weighted by molar-refractivity contribution is 5.94. The number of aryl methyl sites for hydroxylation is 1. The molecule has 122 valence electrons. The fourth-order valence-corrected chi connectivity index (χ4v) is 2.19. The first-order valence-electron chi connectivity index (χ1n) is 7.41. The Balaban J connectivity index is 1.76. The molecule has 0 spiro atoms. The van der Waals surface area contributed by atoms with Crippen molar-refractivity contribution in [3.8, 4) is 11.4 Å². The van der Waals surface area contributed by atoms with Crippen LogP contribution in [0.5, 0.6) is 0 Å². The summed E-state index contributed by atoms with van der Waals surface area (Å²) in [5, 5.41) is 6.71. The van der Waals surface area contributed by atoms with Crippen LogP contribution in [0.2, 0.25) is 0 Å². The molecule has 0 saturated carbocycles. The van der Waals surface area contributed by atoms with Crippen molar-refractivity contribution in [2.75, 3.05) is 0 Å². The highest BCUT2D eigenvalue weighted by Crippen LogP contribution is 2.17. The summed E-state index contributed by atoms with van der Waals surface area (Å²) in [4.78, 5) is 27.9. The van der Waals surface area contributed by atoms with Crippen molar-refractivity contribution in [3.05, 3.63) is 70.5 Å². The largest absolute Gasteiger partial charge is 0.341 e. The van der Waals surface area contributed by atoms with Gasteiger partial charge in [-0.3, -0.25) is 9.59 Å². The minimum atomic E-state index is -0.438. The van der Waals surface area contributed by atoms with E-state index in [9.17, 15) is 9.59 Å². The van der Waals surface area contributed by atoms with Crippen molar-refractivity contribution in [2.24, 2.45) is 7.05 Å². The molecule has 3 rings (SSSR count). The van der Waals surface area contributed by atoms with Gasteiger partial charge >= 0.3 is 0 Å². The van der Waals surface area contributed by atoms with Crippen LogP contribution < -0.4 is 10.9 Å². The second-order valence-corrected chi connectivity index (χ2v) is 5.38. The third-order valence-electron chi connectivity index (χ3n) is 3.54. The fourth-order valence-electron chi connectivity index (χ4n) is 2.19. The molecule has 24 heavy (non-hydrogen) atoms. The van der Waals surface area contributed by atoms with E-state index < -0.39 is 6.04 Å². The number of pyridine rings is 1. The summed E-state index contributed by atoms with van der Waals surface area (Å²) < 4.78 is 6.66. The number of amides is 1. The van der Waals surface area contributed by atoms with Crippen LogP contribution in [0.25, 0.3) is 11.4 Å². The lowest BCUT2D eigenvalue weighted by molar-refractivity contribution is 0.0932.